The molecule has 9 nitrogen and oxygen atoms in total. The molecule has 5 rings (SSSR count). The number of hydrogen-bond donors (Lipinski definition) is 2. The van der Waals surface area contributed by atoms with Crippen LogP contribution in [0.15, 0.2) is 41.7 Å². The fourth-order valence-corrected chi connectivity index (χ4v) is 5.55. The Morgan fingerprint density at radius 2 is 1.78 bits per heavy atom. The second-order valence-electron chi connectivity index (χ2n) is 10.9. The average molecular weight is 567 g/mol. The van der Waals surface area contributed by atoms with E-state index in [0.717, 1.165) is 28.9 Å². The molecule has 41 heavy (non-hydrogen) atoms. The molecule has 2 aromatic rings. The van der Waals surface area contributed by atoms with Crippen molar-refractivity contribution in [2.75, 3.05) is 29.9 Å². The number of piperidine rings is 1. The van der Waals surface area contributed by atoms with Crippen LogP contribution in [0.5, 0.6) is 0 Å². The number of rotatable bonds is 6. The summed E-state index contributed by atoms with van der Waals surface area (Å²) in [6.07, 6.45) is -0.265. The number of hydrogen-bond acceptors (Lipinski definition) is 6. The number of halogens is 2. The highest BCUT2D eigenvalue weighted by Crippen LogP contribution is 2.38. The van der Waals surface area contributed by atoms with Gasteiger partial charge in [-0.2, -0.15) is 0 Å². The molecule has 0 aromatic heterocycles. The number of nitrogens with one attached hydrogen (secondary N) is 2. The Hall–Kier alpha value is -4.28. The summed E-state index contributed by atoms with van der Waals surface area (Å²) in [5, 5.41) is 4.86. The fourth-order valence-electron chi connectivity index (χ4n) is 5.55. The normalized spacial score (nSPS) is 20.7. The van der Waals surface area contributed by atoms with Gasteiger partial charge in [-0.1, -0.05) is 12.1 Å². The molecule has 0 bridgehead atoms. The summed E-state index contributed by atoms with van der Waals surface area (Å²) in [5.74, 6) is -3.92. The zero-order valence-corrected chi connectivity index (χ0v) is 23.3. The molecule has 2 unspecified atom stereocenters. The predicted molar refractivity (Wildman–Crippen MR) is 147 cm³/mol. The van der Waals surface area contributed by atoms with E-state index in [1.807, 2.05) is 32.0 Å². The number of amides is 4. The Morgan fingerprint density at radius 1 is 1.10 bits per heavy atom. The van der Waals surface area contributed by atoms with E-state index in [0.29, 0.717) is 30.8 Å². The zero-order valence-electron chi connectivity index (χ0n) is 23.3. The Labute approximate surface area is 236 Å². The molecule has 3 aliphatic rings. The van der Waals surface area contributed by atoms with Gasteiger partial charge in [0.05, 0.1) is 17.9 Å². The van der Waals surface area contributed by atoms with E-state index in [-0.39, 0.29) is 42.0 Å². The molecule has 2 atom stereocenters. The number of ether oxygens (including phenoxy) is 1. The molecule has 216 valence electrons. The van der Waals surface area contributed by atoms with E-state index in [9.17, 15) is 28.0 Å². The van der Waals surface area contributed by atoms with Gasteiger partial charge >= 0.3 is 6.09 Å². The molecule has 2 N–H and O–H groups in total. The highest BCUT2D eigenvalue weighted by Gasteiger charge is 2.38. The minimum Gasteiger partial charge on any atom is -0.415 e. The van der Waals surface area contributed by atoms with E-state index in [2.05, 4.69) is 10.6 Å². The van der Waals surface area contributed by atoms with Gasteiger partial charge in [0.1, 0.15) is 17.4 Å². The number of benzene rings is 2. The molecule has 2 heterocycles. The van der Waals surface area contributed by atoms with Gasteiger partial charge in [-0.15, -0.1) is 0 Å². The van der Waals surface area contributed by atoms with Crippen LogP contribution in [0.25, 0.3) is 0 Å². The molecule has 0 spiro atoms. The maximum absolute atomic E-state index is 14.8. The van der Waals surface area contributed by atoms with Crippen LogP contribution in [-0.2, 0) is 19.1 Å². The number of carbonyl (C=O) groups excluding carboxylic acids is 4. The minimum absolute atomic E-state index is 0.0180. The van der Waals surface area contributed by atoms with Crippen LogP contribution in [0, 0.1) is 31.4 Å². The lowest BCUT2D eigenvalue weighted by atomic mass is 9.82. The summed E-state index contributed by atoms with van der Waals surface area (Å²) in [7, 11) is 1.74. The second kappa shape index (κ2) is 10.9. The van der Waals surface area contributed by atoms with E-state index >= 15 is 0 Å². The van der Waals surface area contributed by atoms with Crippen LogP contribution in [0.2, 0.25) is 0 Å². The van der Waals surface area contributed by atoms with Crippen LogP contribution in [0.4, 0.5) is 25.0 Å². The standard InChI is InChI=1S/C30H32F2N4O5/c1-15-6-5-7-24(16(15)2)35(4)29(39)21-12-25(17(21)3)41-30(40)33-18-13-36(14-18)19-10-22(31)27(23(32)11-19)20-8-9-26(37)34-28(20)38/h5-7,10-11,18,20-21H,8-9,12-14H2,1-4H3,(H,33,40)(H,34,37,38). The van der Waals surface area contributed by atoms with Gasteiger partial charge < -0.3 is 19.9 Å². The monoisotopic (exact) mass is 566 g/mol. The van der Waals surface area contributed by atoms with Crippen LogP contribution >= 0.6 is 0 Å². The first-order valence-corrected chi connectivity index (χ1v) is 13.5. The lowest BCUT2D eigenvalue weighted by Gasteiger charge is -2.41. The molecule has 1 aliphatic carbocycles. The molecule has 2 aliphatic heterocycles. The number of aryl methyl sites for hydroxylation is 1. The Kier molecular flexibility index (Phi) is 7.54. The summed E-state index contributed by atoms with van der Waals surface area (Å²) in [6.45, 7) is 6.37. The van der Waals surface area contributed by atoms with Crippen molar-refractivity contribution in [3.63, 3.8) is 0 Å². The first-order valence-electron chi connectivity index (χ1n) is 13.5. The lowest BCUT2D eigenvalue weighted by molar-refractivity contribution is -0.134. The van der Waals surface area contributed by atoms with Gasteiger partial charge in [0.25, 0.3) is 0 Å². The van der Waals surface area contributed by atoms with Crippen molar-refractivity contribution in [2.24, 2.45) is 5.92 Å². The first-order chi connectivity index (χ1) is 19.4. The fraction of sp³-hybridized carbons (Fsp3) is 0.400. The third kappa shape index (κ3) is 5.40. The quantitative estimate of drug-likeness (QED) is 0.513. The second-order valence-corrected chi connectivity index (χ2v) is 10.9. The number of imide groups is 1. The summed E-state index contributed by atoms with van der Waals surface area (Å²) in [4.78, 5) is 52.3. The minimum atomic E-state index is -1.06. The number of alkyl carbamates (subject to hydrolysis) is 1. The number of carbonyl (C=O) groups is 4. The molecule has 0 radical (unpaired) electrons. The van der Waals surface area contributed by atoms with Crippen molar-refractivity contribution < 1.29 is 32.7 Å². The Balaban J connectivity index is 1.13. The third-order valence-electron chi connectivity index (χ3n) is 8.35. The largest absolute Gasteiger partial charge is 0.415 e. The van der Waals surface area contributed by atoms with Crippen LogP contribution in [0.3, 0.4) is 0 Å². The van der Waals surface area contributed by atoms with Crippen molar-refractivity contribution in [2.45, 2.75) is 52.0 Å². The molecule has 4 amide bonds. The van der Waals surface area contributed by atoms with Crippen LogP contribution < -0.4 is 20.4 Å². The zero-order chi connectivity index (χ0) is 29.6. The summed E-state index contributed by atoms with van der Waals surface area (Å²) in [6, 6.07) is 7.83. The average Bonchev–Trinajstić information content (AvgIpc) is 2.89. The van der Waals surface area contributed by atoms with Crippen molar-refractivity contribution in [3.05, 3.63) is 70.0 Å². The topological polar surface area (TPSA) is 108 Å². The van der Waals surface area contributed by atoms with Crippen molar-refractivity contribution in [3.8, 4) is 0 Å². The molecule has 2 saturated heterocycles. The molecular formula is C30H32F2N4O5. The Bertz CT molecular complexity index is 1460. The van der Waals surface area contributed by atoms with Crippen LogP contribution in [0.1, 0.15) is 48.8 Å². The van der Waals surface area contributed by atoms with Crippen molar-refractivity contribution >= 4 is 35.2 Å². The molecule has 2 fully saturated rings. The number of nitrogens with zero attached hydrogens (tertiary/aromatic N) is 2. The van der Waals surface area contributed by atoms with E-state index in [1.54, 1.807) is 23.8 Å². The first kappa shape index (κ1) is 28.3. The van der Waals surface area contributed by atoms with E-state index < -0.39 is 35.5 Å². The molecular weight excluding hydrogens is 534 g/mol. The number of allylic oxidation sites excluding steroid dienone is 1. The molecule has 0 saturated carbocycles. The molecule has 2 aromatic carbocycles. The lowest BCUT2D eigenvalue weighted by Crippen LogP contribution is -2.59. The van der Waals surface area contributed by atoms with E-state index in [4.69, 9.17) is 4.74 Å². The highest BCUT2D eigenvalue weighted by molar-refractivity contribution is 6.01. The van der Waals surface area contributed by atoms with Crippen LogP contribution in [-0.4, -0.2) is 50.0 Å². The summed E-state index contributed by atoms with van der Waals surface area (Å²) in [5.41, 5.74) is 3.62. The third-order valence-corrected chi connectivity index (χ3v) is 8.35. The van der Waals surface area contributed by atoms with E-state index in [1.165, 1.54) is 0 Å². The number of anilines is 2. The smallest absolute Gasteiger partial charge is 0.412 e. The van der Waals surface area contributed by atoms with Gasteiger partial charge in [0.2, 0.25) is 17.7 Å². The van der Waals surface area contributed by atoms with Gasteiger partial charge in [-0.05, 0) is 62.1 Å². The van der Waals surface area contributed by atoms with Gasteiger partial charge in [-0.25, -0.2) is 13.6 Å². The molecule has 11 heteroatoms. The summed E-state index contributed by atoms with van der Waals surface area (Å²) < 4.78 is 35.1. The predicted octanol–water partition coefficient (Wildman–Crippen LogP) is 3.97. The summed E-state index contributed by atoms with van der Waals surface area (Å²) >= 11 is 0. The Morgan fingerprint density at radius 3 is 2.41 bits per heavy atom. The van der Waals surface area contributed by atoms with Gasteiger partial charge in [0, 0.05) is 49.9 Å². The van der Waals surface area contributed by atoms with Crippen molar-refractivity contribution in [1.29, 1.82) is 0 Å². The maximum Gasteiger partial charge on any atom is 0.412 e. The maximum atomic E-state index is 14.8. The SMILES string of the molecule is CC1=C(OC(=O)NC2CN(c3cc(F)c(C4CCC(=O)NC4=O)c(F)c3)C2)CC1C(=O)N(C)c1cccc(C)c1C. The highest BCUT2D eigenvalue weighted by atomic mass is 19.1. The van der Waals surface area contributed by atoms with Gasteiger partial charge in [-0.3, -0.25) is 19.7 Å². The van der Waals surface area contributed by atoms with Crippen molar-refractivity contribution in [1.82, 2.24) is 10.6 Å². The van der Waals surface area contributed by atoms with Gasteiger partial charge in [0.15, 0.2) is 0 Å².